The van der Waals surface area contributed by atoms with Crippen LogP contribution in [0, 0.1) is 6.92 Å². The van der Waals surface area contributed by atoms with Crippen LogP contribution in [0.25, 0.3) is 0 Å². The van der Waals surface area contributed by atoms with Gasteiger partial charge in [0.05, 0.1) is 28.3 Å². The fourth-order valence-electron chi connectivity index (χ4n) is 4.20. The summed E-state index contributed by atoms with van der Waals surface area (Å²) < 4.78 is 38.6. The molecule has 2 N–H and O–H groups in total. The number of ether oxygens (including phenoxy) is 2. The van der Waals surface area contributed by atoms with Crippen molar-refractivity contribution >= 4 is 27.8 Å². The highest BCUT2D eigenvalue weighted by atomic mass is 32.2. The molecule has 0 spiro atoms. The average molecular weight is 630 g/mol. The fraction of sp³-hybridized carbons (Fsp3) is 0.235. The normalized spacial score (nSPS) is 11.0. The molecule has 0 atom stereocenters. The number of unbranched alkanes of at least 4 members (excludes halogenated alkanes) is 1. The van der Waals surface area contributed by atoms with Crippen molar-refractivity contribution in [2.75, 3.05) is 13.2 Å². The fourth-order valence-corrected chi connectivity index (χ4v) is 5.17. The molecule has 4 rings (SSSR count). The molecule has 0 unspecified atom stereocenters. The Bertz CT molecular complexity index is 1720. The van der Waals surface area contributed by atoms with Gasteiger partial charge in [-0.25, -0.2) is 17.9 Å². The number of nitrogens with zero attached hydrogens (tertiary/aromatic N) is 1. The second-order valence-corrected chi connectivity index (χ2v) is 11.9. The molecule has 0 aliphatic carbocycles. The van der Waals surface area contributed by atoms with E-state index in [4.69, 9.17) is 9.47 Å². The lowest BCUT2D eigenvalue weighted by Crippen LogP contribution is -2.30. The van der Waals surface area contributed by atoms with Crippen molar-refractivity contribution in [3.8, 4) is 5.75 Å². The Kier molecular flexibility index (Phi) is 11.4. The lowest BCUT2D eigenvalue weighted by molar-refractivity contribution is 0.0466. The van der Waals surface area contributed by atoms with Crippen molar-refractivity contribution in [2.45, 2.75) is 44.6 Å². The molecule has 2 amide bonds. The molecule has 0 fully saturated rings. The van der Waals surface area contributed by atoms with Gasteiger partial charge in [0.1, 0.15) is 12.4 Å². The SMILES string of the molecule is CCCCOc1ccc(C(=O)NCCc2ccc(S(=O)(=O)NC(=O)c3ccc(COC(=O)c4ccccc4C)nc3)cc2)cc1. The highest BCUT2D eigenvalue weighted by molar-refractivity contribution is 7.90. The average Bonchev–Trinajstić information content (AvgIpc) is 3.04. The second-order valence-electron chi connectivity index (χ2n) is 10.2. The summed E-state index contributed by atoms with van der Waals surface area (Å²) in [5.41, 5.74) is 2.98. The first-order valence-corrected chi connectivity index (χ1v) is 16.0. The van der Waals surface area contributed by atoms with E-state index in [0.29, 0.717) is 36.4 Å². The molecular formula is C34H35N3O7S. The number of sulfonamides is 1. The van der Waals surface area contributed by atoms with Gasteiger partial charge in [0.2, 0.25) is 0 Å². The van der Waals surface area contributed by atoms with Gasteiger partial charge in [0, 0.05) is 18.3 Å². The van der Waals surface area contributed by atoms with E-state index < -0.39 is 21.9 Å². The number of carbonyl (C=O) groups is 3. The molecule has 0 aliphatic heterocycles. The third-order valence-corrected chi connectivity index (χ3v) is 8.19. The molecule has 1 aromatic heterocycles. The zero-order chi connectivity index (χ0) is 32.2. The summed E-state index contributed by atoms with van der Waals surface area (Å²) in [4.78, 5) is 41.4. The number of carbonyl (C=O) groups excluding carboxylic acids is 3. The zero-order valence-corrected chi connectivity index (χ0v) is 25.9. The highest BCUT2D eigenvalue weighted by Crippen LogP contribution is 2.15. The minimum absolute atomic E-state index is 0.0265. The van der Waals surface area contributed by atoms with Crippen LogP contribution < -0.4 is 14.8 Å². The van der Waals surface area contributed by atoms with E-state index in [1.807, 2.05) is 10.8 Å². The summed E-state index contributed by atoms with van der Waals surface area (Å²) in [5.74, 6) is -0.843. The van der Waals surface area contributed by atoms with Crippen LogP contribution in [0.4, 0.5) is 0 Å². The van der Waals surface area contributed by atoms with E-state index in [9.17, 15) is 22.8 Å². The maximum atomic E-state index is 12.8. The monoisotopic (exact) mass is 629 g/mol. The summed E-state index contributed by atoms with van der Waals surface area (Å²) in [6, 6.07) is 22.9. The van der Waals surface area contributed by atoms with Crippen molar-refractivity contribution in [3.63, 3.8) is 0 Å². The van der Waals surface area contributed by atoms with E-state index in [-0.39, 0.29) is 23.0 Å². The Morgan fingerprint density at radius 1 is 0.844 bits per heavy atom. The molecule has 0 saturated carbocycles. The molecule has 45 heavy (non-hydrogen) atoms. The maximum Gasteiger partial charge on any atom is 0.338 e. The molecule has 4 aromatic rings. The van der Waals surface area contributed by atoms with Crippen molar-refractivity contribution in [2.24, 2.45) is 0 Å². The number of esters is 1. The van der Waals surface area contributed by atoms with E-state index in [1.165, 1.54) is 30.5 Å². The van der Waals surface area contributed by atoms with Crippen LogP contribution in [0.1, 0.15) is 67.7 Å². The summed E-state index contributed by atoms with van der Waals surface area (Å²) in [6.45, 7) is 4.78. The summed E-state index contributed by atoms with van der Waals surface area (Å²) in [6.07, 6.45) is 3.71. The van der Waals surface area contributed by atoms with Gasteiger partial charge in [-0.15, -0.1) is 0 Å². The lowest BCUT2D eigenvalue weighted by Gasteiger charge is -2.10. The Morgan fingerprint density at radius 3 is 2.22 bits per heavy atom. The quantitative estimate of drug-likeness (QED) is 0.146. The first-order valence-electron chi connectivity index (χ1n) is 14.5. The summed E-state index contributed by atoms with van der Waals surface area (Å²) >= 11 is 0. The molecule has 3 aromatic carbocycles. The van der Waals surface area contributed by atoms with Gasteiger partial charge in [-0.05, 0) is 85.5 Å². The summed E-state index contributed by atoms with van der Waals surface area (Å²) in [5, 5.41) is 2.85. The number of nitrogens with one attached hydrogen (secondary N) is 2. The number of benzene rings is 3. The van der Waals surface area contributed by atoms with Gasteiger partial charge in [-0.1, -0.05) is 43.7 Å². The minimum atomic E-state index is -4.15. The predicted molar refractivity (Wildman–Crippen MR) is 169 cm³/mol. The van der Waals surface area contributed by atoms with Gasteiger partial charge in [-0.2, -0.15) is 0 Å². The van der Waals surface area contributed by atoms with Crippen molar-refractivity contribution < 1.29 is 32.3 Å². The molecule has 0 saturated heterocycles. The van der Waals surface area contributed by atoms with E-state index in [1.54, 1.807) is 61.5 Å². The van der Waals surface area contributed by atoms with E-state index >= 15 is 0 Å². The number of aryl methyl sites for hydroxylation is 1. The number of rotatable bonds is 14. The maximum absolute atomic E-state index is 12.8. The predicted octanol–water partition coefficient (Wildman–Crippen LogP) is 5.02. The highest BCUT2D eigenvalue weighted by Gasteiger charge is 2.19. The second kappa shape index (κ2) is 15.6. The Morgan fingerprint density at radius 2 is 1.56 bits per heavy atom. The van der Waals surface area contributed by atoms with Crippen molar-refractivity contribution in [3.05, 3.63) is 125 Å². The van der Waals surface area contributed by atoms with Crippen LogP contribution in [0.2, 0.25) is 0 Å². The number of pyridine rings is 1. The Hall–Kier alpha value is -5.03. The number of hydrogen-bond acceptors (Lipinski definition) is 8. The first-order chi connectivity index (χ1) is 21.7. The van der Waals surface area contributed by atoms with E-state index in [2.05, 4.69) is 17.2 Å². The van der Waals surface area contributed by atoms with Crippen LogP contribution in [-0.2, 0) is 27.8 Å². The van der Waals surface area contributed by atoms with Crippen LogP contribution >= 0.6 is 0 Å². The molecule has 0 radical (unpaired) electrons. The molecule has 0 bridgehead atoms. The van der Waals surface area contributed by atoms with Crippen LogP contribution in [0.5, 0.6) is 5.75 Å². The van der Waals surface area contributed by atoms with Gasteiger partial charge >= 0.3 is 5.97 Å². The molecular weight excluding hydrogens is 594 g/mol. The standard InChI is InChI=1S/C34H35N3O7S/c1-3-4-21-43-29-15-12-26(13-16-29)32(38)35-20-19-25-9-17-30(18-10-25)45(41,42)37-33(39)27-11-14-28(36-22-27)23-44-34(40)31-8-6-5-7-24(31)2/h5-18,22H,3-4,19-21,23H2,1-2H3,(H,35,38)(H,37,39). The van der Waals surface area contributed by atoms with Gasteiger partial charge in [0.25, 0.3) is 21.8 Å². The topological polar surface area (TPSA) is 141 Å². The number of amides is 2. The smallest absolute Gasteiger partial charge is 0.338 e. The van der Waals surface area contributed by atoms with Gasteiger partial charge < -0.3 is 14.8 Å². The van der Waals surface area contributed by atoms with Crippen LogP contribution in [-0.4, -0.2) is 44.3 Å². The lowest BCUT2D eigenvalue weighted by atomic mass is 10.1. The molecule has 234 valence electrons. The Balaban J connectivity index is 1.24. The molecule has 10 nitrogen and oxygen atoms in total. The van der Waals surface area contributed by atoms with Crippen molar-refractivity contribution in [1.29, 1.82) is 0 Å². The molecule has 1 heterocycles. The van der Waals surface area contributed by atoms with Gasteiger partial charge in [-0.3, -0.25) is 14.6 Å². The zero-order valence-electron chi connectivity index (χ0n) is 25.1. The van der Waals surface area contributed by atoms with Crippen LogP contribution in [0.3, 0.4) is 0 Å². The largest absolute Gasteiger partial charge is 0.494 e. The van der Waals surface area contributed by atoms with Gasteiger partial charge in [0.15, 0.2) is 0 Å². The van der Waals surface area contributed by atoms with Crippen LogP contribution in [0.15, 0.2) is 96.0 Å². The minimum Gasteiger partial charge on any atom is -0.494 e. The molecule has 0 aliphatic rings. The summed E-state index contributed by atoms with van der Waals surface area (Å²) in [7, 11) is -4.15. The number of hydrogen-bond donors (Lipinski definition) is 2. The third-order valence-electron chi connectivity index (χ3n) is 6.85. The third kappa shape index (κ3) is 9.48. The van der Waals surface area contributed by atoms with E-state index in [0.717, 1.165) is 29.7 Å². The molecule has 11 heteroatoms. The Labute approximate surface area is 262 Å². The first kappa shape index (κ1) is 32.9. The van der Waals surface area contributed by atoms with Crippen molar-refractivity contribution in [1.82, 2.24) is 15.0 Å². The number of aromatic nitrogens is 1.